The van der Waals surface area contributed by atoms with Gasteiger partial charge in [0, 0.05) is 31.2 Å². The van der Waals surface area contributed by atoms with Crippen molar-refractivity contribution >= 4 is 11.7 Å². The SMILES string of the molecule is CC(O)C1CCCN(C(=O)Nc2cccc(CCN3CCCC3)c2)C1. The number of urea groups is 1. The molecule has 2 atom stereocenters. The number of hydrogen-bond acceptors (Lipinski definition) is 3. The Morgan fingerprint density at radius 3 is 2.84 bits per heavy atom. The van der Waals surface area contributed by atoms with Crippen LogP contribution in [0.1, 0.15) is 38.2 Å². The normalized spacial score (nSPS) is 22.8. The Morgan fingerprint density at radius 1 is 1.28 bits per heavy atom. The van der Waals surface area contributed by atoms with E-state index >= 15 is 0 Å². The quantitative estimate of drug-likeness (QED) is 0.863. The van der Waals surface area contributed by atoms with Crippen LogP contribution in [0.3, 0.4) is 0 Å². The van der Waals surface area contributed by atoms with Crippen molar-refractivity contribution < 1.29 is 9.90 Å². The van der Waals surface area contributed by atoms with E-state index in [1.54, 1.807) is 0 Å². The van der Waals surface area contributed by atoms with Crippen molar-refractivity contribution in [3.05, 3.63) is 29.8 Å². The summed E-state index contributed by atoms with van der Waals surface area (Å²) in [5.74, 6) is 0.186. The number of rotatable bonds is 5. The molecule has 0 radical (unpaired) electrons. The average Bonchev–Trinajstić information content (AvgIpc) is 3.14. The Balaban J connectivity index is 1.53. The number of anilines is 1. The van der Waals surface area contributed by atoms with E-state index in [1.807, 2.05) is 24.0 Å². The number of nitrogens with zero attached hydrogens (tertiary/aromatic N) is 2. The van der Waals surface area contributed by atoms with Gasteiger partial charge in [-0.15, -0.1) is 0 Å². The summed E-state index contributed by atoms with van der Waals surface area (Å²) in [6.07, 6.45) is 5.26. The maximum Gasteiger partial charge on any atom is 0.321 e. The molecule has 2 unspecified atom stereocenters. The van der Waals surface area contributed by atoms with Crippen LogP contribution in [-0.2, 0) is 6.42 Å². The second kappa shape index (κ2) is 8.68. The Morgan fingerprint density at radius 2 is 2.08 bits per heavy atom. The minimum Gasteiger partial charge on any atom is -0.393 e. The smallest absolute Gasteiger partial charge is 0.321 e. The van der Waals surface area contributed by atoms with Crippen LogP contribution in [0.5, 0.6) is 0 Å². The van der Waals surface area contributed by atoms with Gasteiger partial charge in [0.25, 0.3) is 0 Å². The van der Waals surface area contributed by atoms with E-state index in [1.165, 1.54) is 31.5 Å². The molecule has 2 amide bonds. The third kappa shape index (κ3) is 5.19. The third-order valence-electron chi connectivity index (χ3n) is 5.52. The topological polar surface area (TPSA) is 55.8 Å². The highest BCUT2D eigenvalue weighted by Crippen LogP contribution is 2.21. The molecule has 1 aromatic rings. The lowest BCUT2D eigenvalue weighted by atomic mass is 9.94. The van der Waals surface area contributed by atoms with Gasteiger partial charge >= 0.3 is 6.03 Å². The molecular weight excluding hydrogens is 314 g/mol. The van der Waals surface area contributed by atoms with Crippen LogP contribution < -0.4 is 5.32 Å². The third-order valence-corrected chi connectivity index (χ3v) is 5.52. The molecule has 1 aromatic carbocycles. The lowest BCUT2D eigenvalue weighted by molar-refractivity contribution is 0.0766. The molecule has 5 heteroatoms. The highest BCUT2D eigenvalue weighted by molar-refractivity contribution is 5.89. The highest BCUT2D eigenvalue weighted by Gasteiger charge is 2.26. The largest absolute Gasteiger partial charge is 0.393 e. The molecule has 2 N–H and O–H groups in total. The van der Waals surface area contributed by atoms with Crippen molar-refractivity contribution in [1.82, 2.24) is 9.80 Å². The molecule has 3 rings (SSSR count). The molecule has 0 bridgehead atoms. The van der Waals surface area contributed by atoms with Gasteiger partial charge in [-0.2, -0.15) is 0 Å². The molecule has 2 aliphatic rings. The van der Waals surface area contributed by atoms with Gasteiger partial charge < -0.3 is 20.2 Å². The first-order valence-corrected chi connectivity index (χ1v) is 9.67. The van der Waals surface area contributed by atoms with Crippen molar-refractivity contribution in [2.24, 2.45) is 5.92 Å². The summed E-state index contributed by atoms with van der Waals surface area (Å²) < 4.78 is 0. The summed E-state index contributed by atoms with van der Waals surface area (Å²) in [6.45, 7) is 6.75. The lowest BCUT2D eigenvalue weighted by Gasteiger charge is -2.34. The Hall–Kier alpha value is -1.59. The van der Waals surface area contributed by atoms with Crippen LogP contribution in [0.25, 0.3) is 0 Å². The van der Waals surface area contributed by atoms with E-state index in [2.05, 4.69) is 22.3 Å². The summed E-state index contributed by atoms with van der Waals surface area (Å²) >= 11 is 0. The Labute approximate surface area is 151 Å². The van der Waals surface area contributed by atoms with Crippen molar-refractivity contribution in [3.8, 4) is 0 Å². The van der Waals surface area contributed by atoms with Crippen LogP contribution in [0, 0.1) is 5.92 Å². The first-order chi connectivity index (χ1) is 12.1. The van der Waals surface area contributed by atoms with Crippen molar-refractivity contribution in [1.29, 1.82) is 0 Å². The number of amides is 2. The number of carbonyl (C=O) groups excluding carboxylic acids is 1. The predicted molar refractivity (Wildman–Crippen MR) is 101 cm³/mol. The number of nitrogens with one attached hydrogen (secondary N) is 1. The van der Waals surface area contributed by atoms with Crippen LogP contribution in [-0.4, -0.2) is 59.8 Å². The fourth-order valence-corrected chi connectivity index (χ4v) is 3.89. The van der Waals surface area contributed by atoms with Gasteiger partial charge in [0.2, 0.25) is 0 Å². The van der Waals surface area contributed by atoms with E-state index in [4.69, 9.17) is 0 Å². The predicted octanol–water partition coefficient (Wildman–Crippen LogP) is 2.95. The van der Waals surface area contributed by atoms with Crippen molar-refractivity contribution in [2.45, 2.75) is 45.1 Å². The number of piperidine rings is 1. The number of benzene rings is 1. The zero-order chi connectivity index (χ0) is 17.6. The summed E-state index contributed by atoms with van der Waals surface area (Å²) in [4.78, 5) is 16.9. The molecule has 0 saturated carbocycles. The van der Waals surface area contributed by atoms with Crippen LogP contribution in [0.15, 0.2) is 24.3 Å². The molecule has 5 nitrogen and oxygen atoms in total. The molecule has 2 saturated heterocycles. The zero-order valence-corrected chi connectivity index (χ0v) is 15.3. The minimum atomic E-state index is -0.357. The lowest BCUT2D eigenvalue weighted by Crippen LogP contribution is -2.44. The second-order valence-corrected chi connectivity index (χ2v) is 7.52. The molecule has 0 spiro atoms. The highest BCUT2D eigenvalue weighted by atomic mass is 16.3. The molecule has 2 aliphatic heterocycles. The molecule has 0 aromatic heterocycles. The van der Waals surface area contributed by atoms with E-state index in [0.29, 0.717) is 6.54 Å². The van der Waals surface area contributed by atoms with E-state index in [-0.39, 0.29) is 18.1 Å². The van der Waals surface area contributed by atoms with Gasteiger partial charge in [0.05, 0.1) is 6.10 Å². The van der Waals surface area contributed by atoms with Gasteiger partial charge in [-0.05, 0) is 69.8 Å². The molecule has 2 heterocycles. The van der Waals surface area contributed by atoms with E-state index in [0.717, 1.165) is 38.0 Å². The van der Waals surface area contributed by atoms with Gasteiger partial charge in [0.1, 0.15) is 0 Å². The van der Waals surface area contributed by atoms with Gasteiger partial charge in [0.15, 0.2) is 0 Å². The fraction of sp³-hybridized carbons (Fsp3) is 0.650. The minimum absolute atomic E-state index is 0.0537. The van der Waals surface area contributed by atoms with Crippen molar-refractivity contribution in [3.63, 3.8) is 0 Å². The van der Waals surface area contributed by atoms with Gasteiger partial charge in [-0.25, -0.2) is 4.79 Å². The summed E-state index contributed by atoms with van der Waals surface area (Å²) in [6, 6.07) is 8.14. The number of carbonyl (C=O) groups is 1. The van der Waals surface area contributed by atoms with Gasteiger partial charge in [-0.3, -0.25) is 0 Å². The van der Waals surface area contributed by atoms with E-state index < -0.39 is 0 Å². The summed E-state index contributed by atoms with van der Waals surface area (Å²) in [7, 11) is 0. The Kier molecular flexibility index (Phi) is 6.32. The van der Waals surface area contributed by atoms with Crippen LogP contribution in [0.2, 0.25) is 0 Å². The van der Waals surface area contributed by atoms with Gasteiger partial charge in [-0.1, -0.05) is 12.1 Å². The molecular formula is C20H31N3O2. The average molecular weight is 345 g/mol. The first kappa shape index (κ1) is 18.2. The zero-order valence-electron chi connectivity index (χ0n) is 15.3. The number of hydrogen-bond donors (Lipinski definition) is 2. The fourth-order valence-electron chi connectivity index (χ4n) is 3.89. The second-order valence-electron chi connectivity index (χ2n) is 7.52. The monoisotopic (exact) mass is 345 g/mol. The number of likely N-dealkylation sites (tertiary alicyclic amines) is 2. The first-order valence-electron chi connectivity index (χ1n) is 9.67. The molecule has 25 heavy (non-hydrogen) atoms. The van der Waals surface area contributed by atoms with Crippen LogP contribution in [0.4, 0.5) is 10.5 Å². The standard InChI is InChI=1S/C20H31N3O2/c1-16(24)18-7-5-12-23(15-18)20(25)21-19-8-4-6-17(14-19)9-13-22-10-2-3-11-22/h4,6,8,14,16,18,24H,2-3,5,7,9-13,15H2,1H3,(H,21,25). The van der Waals surface area contributed by atoms with Crippen molar-refractivity contribution in [2.75, 3.05) is 38.0 Å². The molecule has 138 valence electrons. The Bertz CT molecular complexity index is 570. The maximum absolute atomic E-state index is 12.5. The van der Waals surface area contributed by atoms with E-state index in [9.17, 15) is 9.90 Å². The molecule has 0 aliphatic carbocycles. The summed E-state index contributed by atoms with van der Waals surface area (Å²) in [5, 5.41) is 12.8. The maximum atomic E-state index is 12.5. The number of aliphatic hydroxyl groups excluding tert-OH is 1. The number of aliphatic hydroxyl groups is 1. The summed E-state index contributed by atoms with van der Waals surface area (Å²) in [5.41, 5.74) is 2.13. The van der Waals surface area contributed by atoms with Crippen LogP contribution >= 0.6 is 0 Å². The molecule has 2 fully saturated rings.